The van der Waals surface area contributed by atoms with Gasteiger partial charge in [-0.3, -0.25) is 28.8 Å². The van der Waals surface area contributed by atoms with E-state index in [1.807, 2.05) is 0 Å². The number of hydrogen-bond acceptors (Lipinski definition) is 21. The van der Waals surface area contributed by atoms with Crippen molar-refractivity contribution in [1.82, 2.24) is 0 Å². The standard InChI is InChI=1S/C27H42O13.C25H42O11/c1-2-3-6-10-16-15(9-7-4-5-8-11-19(29)30)17(28)14-18(16)38-20(31)12-13-21(32)39-27-24(35)22(33)23(34)25(40-27)26(36)37;1-2-3-6-9-15-16(18(27)14-17(15)26)10-7-4-5-8-11-19(28)34-12-13-35-25-22(31)20(29)21(30)23(36-25)24(32)33/h15-16,18,22-25,27,33-35H,2-14H2,1H3,(H,29,30)(H,36,37);15-17,20-23,25-26,29-31H,2-14H2,1H3,(H,32,33)/t15?,16?,18?,22-,23-,24+,25-,27?;15?,16?,17?,20-,21-,22+,23-,25?/m00/s1. The molecule has 24 nitrogen and oxygen atoms in total. The number of Topliss-reactive ketones (excluding diaryl/α,β-unsaturated/α-hetero) is 2. The second-order valence-corrected chi connectivity index (χ2v) is 20.3. The molecular formula is C52H84O24. The number of hydrogen-bond donors (Lipinski definition) is 10. The molecule has 16 atom stereocenters. The average molecular weight is 1090 g/mol. The number of ether oxygens (including phenoxy) is 6. The molecule has 4 rings (SSSR count). The van der Waals surface area contributed by atoms with Crippen molar-refractivity contribution >= 4 is 47.4 Å². The number of rotatable bonds is 33. The maximum atomic E-state index is 12.8. The van der Waals surface area contributed by atoms with E-state index in [0.29, 0.717) is 19.3 Å². The second kappa shape index (κ2) is 34.6. The van der Waals surface area contributed by atoms with Gasteiger partial charge in [-0.05, 0) is 44.4 Å². The van der Waals surface area contributed by atoms with Crippen molar-refractivity contribution in [3.8, 4) is 0 Å². The first-order chi connectivity index (χ1) is 36.1. The van der Waals surface area contributed by atoms with Gasteiger partial charge < -0.3 is 79.5 Å². The van der Waals surface area contributed by atoms with E-state index in [-0.39, 0.29) is 74.1 Å². The number of esters is 3. The Bertz CT molecular complexity index is 1830. The van der Waals surface area contributed by atoms with Crippen LogP contribution in [0.2, 0.25) is 0 Å². The van der Waals surface area contributed by atoms with Crippen molar-refractivity contribution in [2.75, 3.05) is 13.2 Å². The van der Waals surface area contributed by atoms with Gasteiger partial charge in [0, 0.05) is 43.4 Å². The second-order valence-electron chi connectivity index (χ2n) is 20.3. The van der Waals surface area contributed by atoms with Gasteiger partial charge in [0.2, 0.25) is 6.29 Å². The molecule has 24 heteroatoms. The summed E-state index contributed by atoms with van der Waals surface area (Å²) in [6.45, 7) is 3.86. The number of aliphatic hydroxyl groups excluding tert-OH is 7. The molecule has 2 saturated carbocycles. The van der Waals surface area contributed by atoms with Crippen LogP contribution in [-0.4, -0.2) is 185 Å². The molecule has 0 aromatic carbocycles. The zero-order valence-electron chi connectivity index (χ0n) is 43.8. The largest absolute Gasteiger partial charge is 0.481 e. The fourth-order valence-electron chi connectivity index (χ4n) is 10.3. The summed E-state index contributed by atoms with van der Waals surface area (Å²) in [4.78, 5) is 94.7. The Kier molecular flexibility index (Phi) is 30.1. The molecule has 10 N–H and O–H groups in total. The molecule has 2 heterocycles. The SMILES string of the molecule is CCCCCC1C(O)CC(=O)C1CCCCCCC(=O)OCCOC1O[C@H](C(=O)O)[C@@H](O)[C@H](O)[C@H]1O.CCCCCC1C(OC(=O)CCC(=O)OC2O[C@H](C(=O)O)[C@@H](O)[C@H](O)[C@H]2O)CC(=O)C1CCCCCCC(=O)O. The first kappa shape index (κ1) is 66.0. The van der Waals surface area contributed by atoms with E-state index < -0.39 is 122 Å². The summed E-state index contributed by atoms with van der Waals surface area (Å²) >= 11 is 0. The minimum absolute atomic E-state index is 0.0291. The van der Waals surface area contributed by atoms with Crippen molar-refractivity contribution in [3.05, 3.63) is 0 Å². The van der Waals surface area contributed by atoms with Gasteiger partial charge >= 0.3 is 35.8 Å². The zero-order valence-corrected chi connectivity index (χ0v) is 43.8. The van der Waals surface area contributed by atoms with Gasteiger partial charge in [-0.2, -0.15) is 0 Å². The molecule has 0 bridgehead atoms. The minimum Gasteiger partial charge on any atom is -0.481 e. The lowest BCUT2D eigenvalue weighted by atomic mass is 9.85. The van der Waals surface area contributed by atoms with Crippen LogP contribution in [0.4, 0.5) is 0 Å². The van der Waals surface area contributed by atoms with E-state index in [1.54, 1.807) is 0 Å². The summed E-state index contributed by atoms with van der Waals surface area (Å²) in [6, 6.07) is 0. The molecule has 2 saturated heterocycles. The van der Waals surface area contributed by atoms with E-state index in [4.69, 9.17) is 43.7 Å². The predicted octanol–water partition coefficient (Wildman–Crippen LogP) is 2.25. The highest BCUT2D eigenvalue weighted by atomic mass is 16.7. The normalized spacial score (nSPS) is 31.3. The average Bonchev–Trinajstić information content (AvgIpc) is 3.81. The molecule has 76 heavy (non-hydrogen) atoms. The summed E-state index contributed by atoms with van der Waals surface area (Å²) in [5.74, 6) is -6.27. The smallest absolute Gasteiger partial charge is 0.335 e. The van der Waals surface area contributed by atoms with Crippen molar-refractivity contribution in [2.45, 2.75) is 242 Å². The number of carboxylic acids is 3. The molecule has 4 aliphatic rings. The van der Waals surface area contributed by atoms with Crippen LogP contribution in [-0.2, 0) is 66.8 Å². The van der Waals surface area contributed by atoms with E-state index >= 15 is 0 Å². The fraction of sp³-hybridized carbons (Fsp3) is 0.846. The molecule has 2 aliphatic carbocycles. The molecule has 0 amide bonds. The highest BCUT2D eigenvalue weighted by molar-refractivity contribution is 5.85. The number of carbonyl (C=O) groups excluding carboxylic acids is 5. The van der Waals surface area contributed by atoms with Crippen molar-refractivity contribution in [3.63, 3.8) is 0 Å². The number of carbonyl (C=O) groups is 8. The summed E-state index contributed by atoms with van der Waals surface area (Å²) in [7, 11) is 0. The van der Waals surface area contributed by atoms with E-state index in [9.17, 15) is 74.1 Å². The number of aliphatic hydroxyl groups is 7. The monoisotopic (exact) mass is 1090 g/mol. The molecule has 0 aromatic heterocycles. The van der Waals surface area contributed by atoms with E-state index in [1.165, 1.54) is 0 Å². The van der Waals surface area contributed by atoms with Gasteiger partial charge in [0.15, 0.2) is 18.5 Å². The van der Waals surface area contributed by atoms with Gasteiger partial charge in [0.25, 0.3) is 0 Å². The quantitative estimate of drug-likeness (QED) is 0.0256. The van der Waals surface area contributed by atoms with Gasteiger partial charge in [-0.25, -0.2) is 9.59 Å². The molecule has 4 fully saturated rings. The van der Waals surface area contributed by atoms with Crippen LogP contribution in [0.3, 0.4) is 0 Å². The minimum atomic E-state index is -1.93. The Labute approximate surface area is 442 Å². The van der Waals surface area contributed by atoms with E-state index in [2.05, 4.69) is 13.8 Å². The Hall–Kier alpha value is -4.24. The van der Waals surface area contributed by atoms with Gasteiger partial charge in [-0.1, -0.05) is 90.9 Å². The van der Waals surface area contributed by atoms with Gasteiger partial charge in [0.1, 0.15) is 60.9 Å². The van der Waals surface area contributed by atoms with Crippen LogP contribution in [0, 0.1) is 23.7 Å². The summed E-state index contributed by atoms with van der Waals surface area (Å²) in [6.07, 6.45) is -4.00. The third kappa shape index (κ3) is 21.5. The van der Waals surface area contributed by atoms with E-state index in [0.717, 1.165) is 96.3 Å². The Morgan fingerprint density at radius 1 is 0.474 bits per heavy atom. The van der Waals surface area contributed by atoms with Crippen LogP contribution in [0.15, 0.2) is 0 Å². The summed E-state index contributed by atoms with van der Waals surface area (Å²) in [5, 5.41) is 95.8. The van der Waals surface area contributed by atoms with Crippen molar-refractivity contribution in [2.24, 2.45) is 23.7 Å². The number of unbranched alkanes of at least 4 members (excludes halogenated alkanes) is 10. The highest BCUT2D eigenvalue weighted by Crippen LogP contribution is 2.39. The molecule has 0 spiro atoms. The van der Waals surface area contributed by atoms with Crippen molar-refractivity contribution in [1.29, 1.82) is 0 Å². The Morgan fingerprint density at radius 2 is 0.934 bits per heavy atom. The van der Waals surface area contributed by atoms with Gasteiger partial charge in [0.05, 0.1) is 25.6 Å². The molecular weight excluding hydrogens is 1010 g/mol. The van der Waals surface area contributed by atoms with Crippen LogP contribution in [0.1, 0.15) is 168 Å². The molecule has 0 radical (unpaired) electrons. The van der Waals surface area contributed by atoms with Crippen LogP contribution < -0.4 is 0 Å². The molecule has 2 aliphatic heterocycles. The zero-order chi connectivity index (χ0) is 56.5. The van der Waals surface area contributed by atoms with Crippen molar-refractivity contribution < 1.29 is 118 Å². The summed E-state index contributed by atoms with van der Waals surface area (Å²) < 4.78 is 30.6. The Morgan fingerprint density at radius 3 is 1.47 bits per heavy atom. The molecule has 436 valence electrons. The molecule has 8 unspecified atom stereocenters. The maximum absolute atomic E-state index is 12.8. The number of carboxylic acid groups (broad SMARTS) is 3. The topological polar surface area (TPSA) is 394 Å². The first-order valence-corrected chi connectivity index (χ1v) is 27.1. The third-order valence-corrected chi connectivity index (χ3v) is 14.5. The summed E-state index contributed by atoms with van der Waals surface area (Å²) in [5.41, 5.74) is 0. The molecule has 0 aromatic rings. The lowest BCUT2D eigenvalue weighted by molar-refractivity contribution is -0.295. The number of aliphatic carboxylic acids is 3. The maximum Gasteiger partial charge on any atom is 0.335 e. The highest BCUT2D eigenvalue weighted by Gasteiger charge is 2.50. The Balaban J connectivity index is 0.000000402. The van der Waals surface area contributed by atoms with Crippen LogP contribution in [0.5, 0.6) is 0 Å². The third-order valence-electron chi connectivity index (χ3n) is 14.5. The lowest BCUT2D eigenvalue weighted by Gasteiger charge is -2.38. The first-order valence-electron chi connectivity index (χ1n) is 27.1. The van der Waals surface area contributed by atoms with Crippen LogP contribution in [0.25, 0.3) is 0 Å². The number of ketones is 2. The van der Waals surface area contributed by atoms with Gasteiger partial charge in [-0.15, -0.1) is 0 Å². The lowest BCUT2D eigenvalue weighted by Crippen LogP contribution is -2.60. The van der Waals surface area contributed by atoms with Crippen LogP contribution >= 0.6 is 0 Å². The fourth-order valence-corrected chi connectivity index (χ4v) is 10.3. The predicted molar refractivity (Wildman–Crippen MR) is 261 cm³/mol.